The summed E-state index contributed by atoms with van der Waals surface area (Å²) in [7, 11) is 1.14. The number of ether oxygens (including phenoxy) is 2. The van der Waals surface area contributed by atoms with Gasteiger partial charge in [0.15, 0.2) is 0 Å². The maximum atomic E-state index is 12.3. The van der Waals surface area contributed by atoms with E-state index < -0.39 is 29.3 Å². The lowest BCUT2D eigenvalue weighted by atomic mass is 10.1. The van der Waals surface area contributed by atoms with Gasteiger partial charge in [0.25, 0.3) is 0 Å². The smallest absolute Gasteiger partial charge is 0.423 e. The highest BCUT2D eigenvalue weighted by Gasteiger charge is 2.75. The fourth-order valence-corrected chi connectivity index (χ4v) is 0.824. The summed E-state index contributed by atoms with van der Waals surface area (Å²) in [5.74, 6) is -2.48. The highest BCUT2D eigenvalue weighted by molar-refractivity contribution is 9.10. The molecule has 0 spiro atoms. The van der Waals surface area contributed by atoms with E-state index in [0.29, 0.717) is 0 Å². The Balaban J connectivity index is 5.03. The zero-order chi connectivity index (χ0) is 13.9. The first-order valence-electron chi connectivity index (χ1n) is 3.97. The summed E-state index contributed by atoms with van der Waals surface area (Å²) in [5.41, 5.74) is 0. The van der Waals surface area contributed by atoms with Crippen LogP contribution in [0.25, 0.3) is 0 Å². The minimum atomic E-state index is -5.87. The fraction of sp³-hybridized carbons (Fsp3) is 0.857. The van der Waals surface area contributed by atoms with Gasteiger partial charge in [-0.1, -0.05) is 15.9 Å². The molecule has 0 amide bonds. The molecule has 102 valence electrons. The van der Waals surface area contributed by atoms with Gasteiger partial charge in [-0.25, -0.2) is 4.79 Å². The van der Waals surface area contributed by atoms with Crippen molar-refractivity contribution in [3.8, 4) is 0 Å². The summed E-state index contributed by atoms with van der Waals surface area (Å²) < 4.78 is 77.0. The standard InChI is InChI=1S/C7H7BrF6O3/c1-16-2-3-17-4(15)5(8,6(9,10)11)7(12,13)14/h2-3H2,1H3. The van der Waals surface area contributed by atoms with Gasteiger partial charge in [0, 0.05) is 7.11 Å². The number of carbonyl (C=O) groups is 1. The molecule has 0 N–H and O–H groups in total. The minimum absolute atomic E-state index is 0.315. The van der Waals surface area contributed by atoms with Crippen LogP contribution in [0.4, 0.5) is 26.3 Å². The zero-order valence-corrected chi connectivity index (χ0v) is 9.87. The number of hydrogen-bond donors (Lipinski definition) is 0. The maximum Gasteiger partial charge on any atom is 0.423 e. The first-order valence-corrected chi connectivity index (χ1v) is 4.76. The fourth-order valence-electron chi connectivity index (χ4n) is 0.709. The number of alkyl halides is 7. The number of methoxy groups -OCH3 is 1. The van der Waals surface area contributed by atoms with Crippen molar-refractivity contribution in [2.24, 2.45) is 0 Å². The molecule has 3 nitrogen and oxygen atoms in total. The van der Waals surface area contributed by atoms with Crippen LogP contribution in [0.1, 0.15) is 0 Å². The summed E-state index contributed by atoms with van der Waals surface area (Å²) >= 11 is 1.38. The number of carbonyl (C=O) groups excluding carboxylic acids is 1. The van der Waals surface area contributed by atoms with E-state index in [1.165, 1.54) is 15.9 Å². The molecule has 0 bridgehead atoms. The summed E-state index contributed by atoms with van der Waals surface area (Å²) in [4.78, 5) is 10.9. The van der Waals surface area contributed by atoms with Gasteiger partial charge in [-0.3, -0.25) is 0 Å². The minimum Gasteiger partial charge on any atom is -0.462 e. The van der Waals surface area contributed by atoms with Gasteiger partial charge >= 0.3 is 22.6 Å². The Bertz CT molecular complexity index is 260. The number of rotatable bonds is 4. The first kappa shape index (κ1) is 16.5. The quantitative estimate of drug-likeness (QED) is 0.343. The second-order valence-electron chi connectivity index (χ2n) is 2.78. The Morgan fingerprint density at radius 2 is 1.47 bits per heavy atom. The Hall–Kier alpha value is -0.510. The Morgan fingerprint density at radius 1 is 1.06 bits per heavy atom. The molecule has 0 aliphatic heterocycles. The van der Waals surface area contributed by atoms with Crippen molar-refractivity contribution in [2.75, 3.05) is 20.3 Å². The van der Waals surface area contributed by atoms with Gasteiger partial charge in [-0.15, -0.1) is 0 Å². The normalized spacial score (nSPS) is 13.6. The van der Waals surface area contributed by atoms with Crippen molar-refractivity contribution < 1.29 is 40.6 Å². The molecule has 17 heavy (non-hydrogen) atoms. The molecule has 0 aliphatic rings. The van der Waals surface area contributed by atoms with Gasteiger partial charge in [-0.2, -0.15) is 26.3 Å². The molecule has 0 saturated heterocycles. The van der Waals surface area contributed by atoms with Crippen LogP contribution in [0.15, 0.2) is 0 Å². The van der Waals surface area contributed by atoms with Crippen molar-refractivity contribution >= 4 is 21.9 Å². The molecule has 0 aromatic heterocycles. The lowest BCUT2D eigenvalue weighted by Gasteiger charge is -2.29. The lowest BCUT2D eigenvalue weighted by molar-refractivity contribution is -0.262. The molecule has 0 unspecified atom stereocenters. The summed E-state index contributed by atoms with van der Waals surface area (Å²) in [6.45, 7) is -1.03. The molecular weight excluding hydrogens is 326 g/mol. The van der Waals surface area contributed by atoms with Crippen molar-refractivity contribution in [2.45, 2.75) is 16.7 Å². The van der Waals surface area contributed by atoms with E-state index in [4.69, 9.17) is 0 Å². The maximum absolute atomic E-state index is 12.3. The molecule has 0 saturated carbocycles. The van der Waals surface area contributed by atoms with E-state index in [2.05, 4.69) is 9.47 Å². The predicted octanol–water partition coefficient (Wildman–Crippen LogP) is 2.43. The third-order valence-electron chi connectivity index (χ3n) is 1.58. The van der Waals surface area contributed by atoms with E-state index in [1.807, 2.05) is 0 Å². The molecule has 0 fully saturated rings. The molecule has 0 radical (unpaired) electrons. The van der Waals surface area contributed by atoms with Gasteiger partial charge in [-0.05, 0) is 0 Å². The van der Waals surface area contributed by atoms with E-state index in [1.54, 1.807) is 0 Å². The van der Waals surface area contributed by atoms with E-state index in [9.17, 15) is 31.1 Å². The molecule has 0 aromatic carbocycles. The average molecular weight is 333 g/mol. The predicted molar refractivity (Wildman–Crippen MR) is 46.6 cm³/mol. The number of esters is 1. The third-order valence-corrected chi connectivity index (χ3v) is 2.81. The van der Waals surface area contributed by atoms with Crippen molar-refractivity contribution in [1.82, 2.24) is 0 Å². The molecule has 0 rings (SSSR count). The van der Waals surface area contributed by atoms with Crippen LogP contribution in [0.2, 0.25) is 0 Å². The molecule has 0 aromatic rings. The number of hydrogen-bond acceptors (Lipinski definition) is 3. The number of halogens is 7. The molecule has 0 atom stereocenters. The average Bonchev–Trinajstić information content (AvgIpc) is 2.13. The van der Waals surface area contributed by atoms with Gasteiger partial charge in [0.1, 0.15) is 6.61 Å². The van der Waals surface area contributed by atoms with Crippen LogP contribution in [-0.2, 0) is 14.3 Å². The largest absolute Gasteiger partial charge is 0.462 e. The van der Waals surface area contributed by atoms with E-state index >= 15 is 0 Å². The van der Waals surface area contributed by atoms with Gasteiger partial charge in [0.05, 0.1) is 6.61 Å². The van der Waals surface area contributed by atoms with Crippen molar-refractivity contribution in [3.05, 3.63) is 0 Å². The van der Waals surface area contributed by atoms with Crippen molar-refractivity contribution in [1.29, 1.82) is 0 Å². The van der Waals surface area contributed by atoms with Gasteiger partial charge < -0.3 is 9.47 Å². The molecular formula is C7H7BrF6O3. The SMILES string of the molecule is COCCOC(=O)C(Br)(C(F)(F)F)C(F)(F)F. The first-order chi connectivity index (χ1) is 7.48. The Labute approximate surface area is 100 Å². The van der Waals surface area contributed by atoms with Crippen LogP contribution in [0.3, 0.4) is 0 Å². The topological polar surface area (TPSA) is 35.5 Å². The second-order valence-corrected chi connectivity index (χ2v) is 3.97. The summed E-state index contributed by atoms with van der Waals surface area (Å²) in [6.07, 6.45) is -11.7. The third kappa shape index (κ3) is 3.47. The highest BCUT2D eigenvalue weighted by Crippen LogP contribution is 2.50. The monoisotopic (exact) mass is 332 g/mol. The summed E-state index contributed by atoms with van der Waals surface area (Å²) in [5, 5.41) is 0. The van der Waals surface area contributed by atoms with Crippen LogP contribution < -0.4 is 0 Å². The zero-order valence-electron chi connectivity index (χ0n) is 8.28. The highest BCUT2D eigenvalue weighted by atomic mass is 79.9. The van der Waals surface area contributed by atoms with Gasteiger partial charge in [0.2, 0.25) is 0 Å². The van der Waals surface area contributed by atoms with Crippen LogP contribution in [-0.4, -0.2) is 43.0 Å². The molecule has 10 heteroatoms. The Morgan fingerprint density at radius 3 is 1.76 bits per heavy atom. The van der Waals surface area contributed by atoms with Crippen molar-refractivity contribution in [3.63, 3.8) is 0 Å². The van der Waals surface area contributed by atoms with Crippen LogP contribution in [0, 0.1) is 0 Å². The van der Waals surface area contributed by atoms with Crippen LogP contribution >= 0.6 is 15.9 Å². The summed E-state index contributed by atoms with van der Waals surface area (Å²) in [6, 6.07) is 0. The van der Waals surface area contributed by atoms with E-state index in [0.717, 1.165) is 7.11 Å². The lowest BCUT2D eigenvalue weighted by Crippen LogP contribution is -2.58. The molecule has 0 heterocycles. The van der Waals surface area contributed by atoms with Crippen LogP contribution in [0.5, 0.6) is 0 Å². The Kier molecular flexibility index (Phi) is 5.26. The molecule has 0 aliphatic carbocycles. The second kappa shape index (κ2) is 5.42. The van der Waals surface area contributed by atoms with E-state index in [-0.39, 0.29) is 6.61 Å².